The standard InChI is InChI=1S/2C14H11O.C3H6.2ClH.Zr/c2*1-10-8-11-4-2-5-12(13(11)9-10)14-6-3-7-15-14;1-3-2;;;/h2*2-9H,1H3;1-2H3;2*1H;/q;;;;;+2/p-2. The number of halogens is 2. The van der Waals surface area contributed by atoms with Gasteiger partial charge in [0.25, 0.3) is 0 Å². The molecule has 2 aliphatic carbocycles. The third-order valence-electron chi connectivity index (χ3n) is 8.14. The Morgan fingerprint density at radius 1 is 0.667 bits per heavy atom. The number of benzene rings is 2. The van der Waals surface area contributed by atoms with Gasteiger partial charge in [0.1, 0.15) is 0 Å². The van der Waals surface area contributed by atoms with E-state index in [9.17, 15) is 0 Å². The van der Waals surface area contributed by atoms with Gasteiger partial charge in [-0.25, -0.2) is 0 Å². The Labute approximate surface area is 219 Å². The Bertz CT molecular complexity index is 1510. The fourth-order valence-electron chi connectivity index (χ4n) is 6.55. The minimum absolute atomic E-state index is 0.0312. The molecule has 2 heterocycles. The molecule has 2 atom stereocenters. The predicted molar refractivity (Wildman–Crippen MR) is 149 cm³/mol. The minimum atomic E-state index is -4.87. The van der Waals surface area contributed by atoms with Crippen LogP contribution in [0.15, 0.2) is 93.2 Å². The van der Waals surface area contributed by atoms with Gasteiger partial charge >= 0.3 is 221 Å². The van der Waals surface area contributed by atoms with Gasteiger partial charge in [-0.05, 0) is 0 Å². The van der Waals surface area contributed by atoms with Crippen molar-refractivity contribution in [2.45, 2.75) is 34.9 Å². The van der Waals surface area contributed by atoms with Crippen molar-refractivity contribution >= 4 is 32.4 Å². The van der Waals surface area contributed by atoms with E-state index in [1.54, 1.807) is 12.5 Å². The first-order chi connectivity index (χ1) is 17.2. The normalized spacial score (nSPS) is 19.1. The fourth-order valence-corrected chi connectivity index (χ4v) is 25.6. The topological polar surface area (TPSA) is 26.3 Å². The molecule has 0 spiro atoms. The first kappa shape index (κ1) is 24.2. The monoisotopic (exact) mass is 592 g/mol. The maximum atomic E-state index is 8.15. The molecule has 2 unspecified atom stereocenters. The van der Waals surface area contributed by atoms with Crippen molar-refractivity contribution in [3.05, 3.63) is 107 Å². The van der Waals surface area contributed by atoms with Gasteiger partial charge in [-0.1, -0.05) is 0 Å². The fraction of sp³-hybridized carbons (Fsp3) is 0.194. The van der Waals surface area contributed by atoms with Gasteiger partial charge < -0.3 is 0 Å². The molecule has 2 nitrogen and oxygen atoms in total. The van der Waals surface area contributed by atoms with Crippen LogP contribution in [0.1, 0.15) is 57.2 Å². The second-order valence-corrected chi connectivity index (χ2v) is 32.1. The average Bonchev–Trinajstić information content (AvgIpc) is 3.63. The summed E-state index contributed by atoms with van der Waals surface area (Å²) >= 11 is -4.87. The van der Waals surface area contributed by atoms with E-state index in [4.69, 9.17) is 25.9 Å². The number of hydrogen-bond donors (Lipinski definition) is 0. The third kappa shape index (κ3) is 3.29. The number of allylic oxidation sites excluding steroid dienone is 2. The Balaban J connectivity index is 1.60. The summed E-state index contributed by atoms with van der Waals surface area (Å²) in [6.45, 7) is 8.67. The van der Waals surface area contributed by atoms with Crippen molar-refractivity contribution in [1.29, 1.82) is 0 Å². The molecule has 6 rings (SSSR count). The predicted octanol–water partition coefficient (Wildman–Crippen LogP) is 10.0. The molecule has 0 aliphatic heterocycles. The van der Waals surface area contributed by atoms with Crippen molar-refractivity contribution in [1.82, 2.24) is 0 Å². The van der Waals surface area contributed by atoms with Crippen molar-refractivity contribution in [2.24, 2.45) is 0 Å². The van der Waals surface area contributed by atoms with Crippen molar-refractivity contribution in [2.75, 3.05) is 0 Å². The van der Waals surface area contributed by atoms with Crippen LogP contribution in [0.4, 0.5) is 0 Å². The van der Waals surface area contributed by atoms with Gasteiger partial charge in [0.2, 0.25) is 0 Å². The quantitative estimate of drug-likeness (QED) is 0.235. The maximum absolute atomic E-state index is 8.15. The zero-order valence-corrected chi connectivity index (χ0v) is 24.8. The second kappa shape index (κ2) is 8.42. The molecule has 0 saturated carbocycles. The van der Waals surface area contributed by atoms with Crippen molar-refractivity contribution in [3.8, 4) is 22.6 Å². The van der Waals surface area contributed by atoms with Crippen LogP contribution in [0.25, 0.3) is 34.8 Å². The zero-order valence-electron chi connectivity index (χ0n) is 20.8. The summed E-state index contributed by atoms with van der Waals surface area (Å²) in [6, 6.07) is 20.7. The summed E-state index contributed by atoms with van der Waals surface area (Å²) in [6.07, 6.45) is 7.98. The Hall–Kier alpha value is -2.19. The van der Waals surface area contributed by atoms with Gasteiger partial charge in [-0.3, -0.25) is 0 Å². The van der Waals surface area contributed by atoms with E-state index in [0.717, 1.165) is 22.6 Å². The molecule has 0 radical (unpaired) electrons. The summed E-state index contributed by atoms with van der Waals surface area (Å²) in [7, 11) is 16.3. The van der Waals surface area contributed by atoms with Crippen LogP contribution in [-0.4, -0.2) is 3.21 Å². The summed E-state index contributed by atoms with van der Waals surface area (Å²) in [5.41, 5.74) is 9.37. The van der Waals surface area contributed by atoms with E-state index in [2.05, 4.69) is 76.2 Å². The molecule has 2 aromatic carbocycles. The molecule has 0 bridgehead atoms. The van der Waals surface area contributed by atoms with Crippen LogP contribution >= 0.6 is 17.0 Å². The molecule has 182 valence electrons. The summed E-state index contributed by atoms with van der Waals surface area (Å²) < 4.78 is 12.7. The molecule has 2 aliphatic rings. The molecular weight excluding hydrogens is 566 g/mol. The van der Waals surface area contributed by atoms with E-state index in [-0.39, 0.29) is 7.25 Å². The van der Waals surface area contributed by atoms with Crippen LogP contribution in [0.3, 0.4) is 0 Å². The van der Waals surface area contributed by atoms with Gasteiger partial charge in [-0.15, -0.1) is 0 Å². The van der Waals surface area contributed by atoms with E-state index < -0.39 is 15.9 Å². The molecule has 0 saturated heterocycles. The molecule has 0 amide bonds. The van der Waals surface area contributed by atoms with Gasteiger partial charge in [0.15, 0.2) is 0 Å². The molecular formula is C31H28Cl2O2Zr. The molecule has 5 heteroatoms. The third-order valence-corrected chi connectivity index (χ3v) is 31.4. The van der Waals surface area contributed by atoms with Crippen LogP contribution < -0.4 is 0 Å². The summed E-state index contributed by atoms with van der Waals surface area (Å²) in [5.74, 6) is 1.72. The molecule has 2 aromatic heterocycles. The van der Waals surface area contributed by atoms with Crippen LogP contribution in [0.5, 0.6) is 0 Å². The van der Waals surface area contributed by atoms with Gasteiger partial charge in [0.05, 0.1) is 0 Å². The number of hydrogen-bond acceptors (Lipinski definition) is 2. The first-order valence-electron chi connectivity index (χ1n) is 12.3. The molecule has 4 aromatic rings. The van der Waals surface area contributed by atoms with Gasteiger partial charge in [-0.2, -0.15) is 0 Å². The van der Waals surface area contributed by atoms with E-state index in [1.807, 2.05) is 24.3 Å². The van der Waals surface area contributed by atoms with Crippen LogP contribution in [-0.2, 0) is 15.9 Å². The summed E-state index contributed by atoms with van der Waals surface area (Å²) in [4.78, 5) is 0. The van der Waals surface area contributed by atoms with Crippen LogP contribution in [0.2, 0.25) is 0 Å². The zero-order chi connectivity index (χ0) is 25.3. The van der Waals surface area contributed by atoms with Crippen molar-refractivity contribution < 1.29 is 24.7 Å². The summed E-state index contributed by atoms with van der Waals surface area (Å²) in [5, 5.41) is 0. The SMILES string of the molecule is CC1=Cc2c(-c3ccco3)cccc2[CH]1[Zr]([Cl])([Cl])(=[C](C)C)[CH]1C(C)=Cc2c(-c3ccco3)cccc21. The number of furan rings is 2. The molecule has 0 fully saturated rings. The number of fused-ring (bicyclic) bond motifs is 2. The Morgan fingerprint density at radius 3 is 1.47 bits per heavy atom. The number of rotatable bonds is 4. The molecule has 36 heavy (non-hydrogen) atoms. The van der Waals surface area contributed by atoms with E-state index in [0.29, 0.717) is 0 Å². The van der Waals surface area contributed by atoms with Crippen molar-refractivity contribution in [3.63, 3.8) is 0 Å². The Kier molecular flexibility index (Phi) is 5.65. The first-order valence-corrected chi connectivity index (χ1v) is 22.7. The van der Waals surface area contributed by atoms with Gasteiger partial charge in [0, 0.05) is 0 Å². The Morgan fingerprint density at radius 2 is 1.11 bits per heavy atom. The second-order valence-electron chi connectivity index (χ2n) is 10.4. The van der Waals surface area contributed by atoms with E-state index >= 15 is 0 Å². The molecule has 0 N–H and O–H groups in total. The van der Waals surface area contributed by atoms with E-state index in [1.165, 1.54) is 36.6 Å². The van der Waals surface area contributed by atoms with Crippen LogP contribution in [0, 0.1) is 0 Å². The average molecular weight is 595 g/mol.